The van der Waals surface area contributed by atoms with Crippen LogP contribution in [-0.2, 0) is 20.7 Å². The molecule has 2 rings (SSSR count). The molecule has 0 atom stereocenters. The van der Waals surface area contributed by atoms with E-state index in [0.717, 1.165) is 5.56 Å². The predicted molar refractivity (Wildman–Crippen MR) is 105 cm³/mol. The molecule has 2 aromatic rings. The lowest BCUT2D eigenvalue weighted by Crippen LogP contribution is -2.16. The number of hydrogen-bond acceptors (Lipinski definition) is 4. The molecule has 0 aliphatic carbocycles. The van der Waals surface area contributed by atoms with Crippen molar-refractivity contribution in [3.63, 3.8) is 0 Å². The Labute approximate surface area is 163 Å². The molecule has 27 heavy (non-hydrogen) atoms. The Morgan fingerprint density at radius 2 is 1.63 bits per heavy atom. The normalized spacial score (nSPS) is 10.5. The van der Waals surface area contributed by atoms with Crippen molar-refractivity contribution in [2.24, 2.45) is 5.92 Å². The van der Waals surface area contributed by atoms with Gasteiger partial charge in [0.2, 0.25) is 5.91 Å². The number of carbonyl (C=O) groups is 3. The Morgan fingerprint density at radius 1 is 1.00 bits per heavy atom. The van der Waals surface area contributed by atoms with Crippen LogP contribution < -0.4 is 5.32 Å². The van der Waals surface area contributed by atoms with Crippen molar-refractivity contribution in [2.75, 3.05) is 11.9 Å². The molecule has 0 fully saturated rings. The summed E-state index contributed by atoms with van der Waals surface area (Å²) in [5, 5.41) is 3.36. The highest BCUT2D eigenvalue weighted by Gasteiger charge is 2.11. The molecule has 0 saturated carbocycles. The van der Waals surface area contributed by atoms with E-state index >= 15 is 0 Å². The third-order valence-electron chi connectivity index (χ3n) is 3.71. The standard InChI is InChI=1S/C21H22ClNO4/c1-14(2)11-20(25)23-18-9-5-16(6-10-18)19(24)13-27-21(26)12-15-3-7-17(22)8-4-15/h3-10,14H,11-13H2,1-2H3,(H,23,25). The Bertz CT molecular complexity index is 798. The van der Waals surface area contributed by atoms with Crippen molar-refractivity contribution in [1.82, 2.24) is 0 Å². The Balaban J connectivity index is 1.82. The molecule has 0 bridgehead atoms. The number of ether oxygens (including phenoxy) is 1. The number of amides is 1. The van der Waals surface area contributed by atoms with Crippen molar-refractivity contribution in [2.45, 2.75) is 26.7 Å². The SMILES string of the molecule is CC(C)CC(=O)Nc1ccc(C(=O)COC(=O)Cc2ccc(Cl)cc2)cc1. The summed E-state index contributed by atoms with van der Waals surface area (Å²) >= 11 is 5.80. The topological polar surface area (TPSA) is 72.5 Å². The van der Waals surface area contributed by atoms with Gasteiger partial charge in [-0.3, -0.25) is 14.4 Å². The molecule has 1 amide bonds. The molecule has 0 aromatic heterocycles. The van der Waals surface area contributed by atoms with Gasteiger partial charge >= 0.3 is 5.97 Å². The first kappa shape index (κ1) is 20.6. The van der Waals surface area contributed by atoms with Gasteiger partial charge in [0, 0.05) is 22.7 Å². The molecule has 0 saturated heterocycles. The molecule has 2 aromatic carbocycles. The van der Waals surface area contributed by atoms with Crippen LogP contribution in [0.5, 0.6) is 0 Å². The third-order valence-corrected chi connectivity index (χ3v) is 3.96. The fraction of sp³-hybridized carbons (Fsp3) is 0.286. The van der Waals surface area contributed by atoms with E-state index in [1.807, 2.05) is 13.8 Å². The summed E-state index contributed by atoms with van der Waals surface area (Å²) in [4.78, 5) is 35.7. The summed E-state index contributed by atoms with van der Waals surface area (Å²) in [7, 11) is 0. The van der Waals surface area contributed by atoms with Gasteiger partial charge in [0.1, 0.15) is 0 Å². The van der Waals surface area contributed by atoms with Crippen LogP contribution in [0.1, 0.15) is 36.2 Å². The van der Waals surface area contributed by atoms with E-state index in [9.17, 15) is 14.4 Å². The van der Waals surface area contributed by atoms with E-state index in [1.54, 1.807) is 48.5 Å². The Hall–Kier alpha value is -2.66. The second kappa shape index (κ2) is 9.88. The number of benzene rings is 2. The molecule has 142 valence electrons. The molecule has 0 aliphatic heterocycles. The summed E-state index contributed by atoms with van der Waals surface area (Å²) in [6.07, 6.45) is 0.509. The van der Waals surface area contributed by atoms with Gasteiger partial charge < -0.3 is 10.1 Å². The van der Waals surface area contributed by atoms with Gasteiger partial charge in [-0.25, -0.2) is 0 Å². The van der Waals surface area contributed by atoms with Crippen LogP contribution in [0.4, 0.5) is 5.69 Å². The van der Waals surface area contributed by atoms with Gasteiger partial charge in [0.25, 0.3) is 0 Å². The van der Waals surface area contributed by atoms with E-state index in [2.05, 4.69) is 5.32 Å². The maximum Gasteiger partial charge on any atom is 0.310 e. The summed E-state index contributed by atoms with van der Waals surface area (Å²) < 4.78 is 5.04. The molecular weight excluding hydrogens is 366 g/mol. The van der Waals surface area contributed by atoms with Crippen molar-refractivity contribution in [1.29, 1.82) is 0 Å². The van der Waals surface area contributed by atoms with Crippen LogP contribution in [0.15, 0.2) is 48.5 Å². The third kappa shape index (κ3) is 7.23. The van der Waals surface area contributed by atoms with Crippen molar-refractivity contribution < 1.29 is 19.1 Å². The number of rotatable bonds is 8. The number of hydrogen-bond donors (Lipinski definition) is 1. The lowest BCUT2D eigenvalue weighted by Gasteiger charge is -2.08. The minimum absolute atomic E-state index is 0.0693. The number of ketones is 1. The molecule has 0 heterocycles. The fourth-order valence-electron chi connectivity index (χ4n) is 2.37. The average molecular weight is 388 g/mol. The van der Waals surface area contributed by atoms with Crippen LogP contribution in [0, 0.1) is 5.92 Å². The monoisotopic (exact) mass is 387 g/mol. The van der Waals surface area contributed by atoms with E-state index in [0.29, 0.717) is 22.7 Å². The van der Waals surface area contributed by atoms with Crippen LogP contribution >= 0.6 is 11.6 Å². The summed E-state index contributed by atoms with van der Waals surface area (Å²) in [6, 6.07) is 13.4. The molecule has 0 unspecified atom stereocenters. The zero-order chi connectivity index (χ0) is 19.8. The highest BCUT2D eigenvalue weighted by molar-refractivity contribution is 6.30. The van der Waals surface area contributed by atoms with Crippen LogP contribution in [0.2, 0.25) is 5.02 Å². The minimum atomic E-state index is -0.483. The number of anilines is 1. The minimum Gasteiger partial charge on any atom is -0.457 e. The van der Waals surface area contributed by atoms with Crippen LogP contribution in [0.3, 0.4) is 0 Å². The summed E-state index contributed by atoms with van der Waals surface area (Å²) in [6.45, 7) is 3.61. The number of carbonyl (C=O) groups excluding carboxylic acids is 3. The first-order valence-electron chi connectivity index (χ1n) is 8.66. The largest absolute Gasteiger partial charge is 0.457 e. The highest BCUT2D eigenvalue weighted by Crippen LogP contribution is 2.13. The maximum absolute atomic E-state index is 12.1. The smallest absolute Gasteiger partial charge is 0.310 e. The molecule has 0 aliphatic rings. The van der Waals surface area contributed by atoms with Crippen molar-refractivity contribution in [3.05, 3.63) is 64.7 Å². The fourth-order valence-corrected chi connectivity index (χ4v) is 2.50. The number of esters is 1. The average Bonchev–Trinajstić information content (AvgIpc) is 2.61. The molecular formula is C21H22ClNO4. The molecule has 6 heteroatoms. The first-order valence-corrected chi connectivity index (χ1v) is 9.04. The van der Waals surface area contributed by atoms with Crippen LogP contribution in [0.25, 0.3) is 0 Å². The van der Waals surface area contributed by atoms with E-state index in [4.69, 9.17) is 16.3 Å². The Morgan fingerprint density at radius 3 is 2.22 bits per heavy atom. The zero-order valence-corrected chi connectivity index (χ0v) is 16.1. The molecule has 1 N–H and O–H groups in total. The number of nitrogens with one attached hydrogen (secondary N) is 1. The first-order chi connectivity index (χ1) is 12.8. The summed E-state index contributed by atoms with van der Waals surface area (Å²) in [5.41, 5.74) is 1.80. The van der Waals surface area contributed by atoms with E-state index in [1.165, 1.54) is 0 Å². The lowest BCUT2D eigenvalue weighted by atomic mass is 10.1. The van der Waals surface area contributed by atoms with Gasteiger partial charge in [0.15, 0.2) is 12.4 Å². The number of Topliss-reactive ketones (excluding diaryl/α,β-unsaturated/α-hetero) is 1. The van der Waals surface area contributed by atoms with Crippen molar-refractivity contribution >= 4 is 34.9 Å². The quantitative estimate of drug-likeness (QED) is 0.541. The Kier molecular flexibility index (Phi) is 7.55. The lowest BCUT2D eigenvalue weighted by molar-refractivity contribution is -0.141. The van der Waals surface area contributed by atoms with E-state index in [-0.39, 0.29) is 30.6 Å². The summed E-state index contributed by atoms with van der Waals surface area (Å²) in [5.74, 6) is -0.587. The predicted octanol–water partition coefficient (Wildman–Crippen LogP) is 4.29. The second-order valence-corrected chi connectivity index (χ2v) is 7.05. The number of halogens is 1. The maximum atomic E-state index is 12.1. The molecule has 5 nitrogen and oxygen atoms in total. The second-order valence-electron chi connectivity index (χ2n) is 6.61. The van der Waals surface area contributed by atoms with E-state index < -0.39 is 5.97 Å². The van der Waals surface area contributed by atoms with Gasteiger partial charge in [-0.05, 0) is 47.9 Å². The van der Waals surface area contributed by atoms with Gasteiger partial charge in [0.05, 0.1) is 6.42 Å². The van der Waals surface area contributed by atoms with Gasteiger partial charge in [-0.2, -0.15) is 0 Å². The van der Waals surface area contributed by atoms with Crippen LogP contribution in [-0.4, -0.2) is 24.3 Å². The molecule has 0 radical (unpaired) electrons. The highest BCUT2D eigenvalue weighted by atomic mass is 35.5. The van der Waals surface area contributed by atoms with Gasteiger partial charge in [-0.15, -0.1) is 0 Å². The van der Waals surface area contributed by atoms with Gasteiger partial charge in [-0.1, -0.05) is 37.6 Å². The molecule has 0 spiro atoms. The zero-order valence-electron chi connectivity index (χ0n) is 15.3. The van der Waals surface area contributed by atoms with Crippen molar-refractivity contribution in [3.8, 4) is 0 Å².